The molecule has 0 fully saturated rings. The first-order valence-electron chi connectivity index (χ1n) is 4.81. The van der Waals surface area contributed by atoms with Crippen LogP contribution in [0.4, 0.5) is 5.69 Å². The van der Waals surface area contributed by atoms with Gasteiger partial charge in [0.2, 0.25) is 5.91 Å². The normalized spacial score (nSPS) is 14.4. The lowest BCUT2D eigenvalue weighted by atomic mass is 10.1. The van der Waals surface area contributed by atoms with Crippen molar-refractivity contribution in [1.82, 2.24) is 5.16 Å². The third-order valence-corrected chi connectivity index (χ3v) is 3.41. The van der Waals surface area contributed by atoms with E-state index in [9.17, 15) is 4.79 Å². The van der Waals surface area contributed by atoms with Crippen LogP contribution in [0.1, 0.15) is 0 Å². The molecule has 1 N–H and O–H groups in total. The van der Waals surface area contributed by atoms with Gasteiger partial charge in [0.1, 0.15) is 0 Å². The Labute approximate surface area is 96.0 Å². The topological polar surface area (TPSA) is 55.1 Å². The molecule has 0 radical (unpaired) electrons. The molecule has 1 aromatic heterocycles. The Hall–Kier alpha value is -1.75. The number of carbonyl (C=O) groups excluding carboxylic acids is 1. The number of fused-ring (bicyclic) bond motifs is 1. The number of rotatable bonds is 1. The van der Waals surface area contributed by atoms with E-state index in [1.165, 1.54) is 0 Å². The zero-order valence-electron chi connectivity index (χ0n) is 8.27. The summed E-state index contributed by atoms with van der Waals surface area (Å²) in [6.07, 6.45) is 1.60. The van der Waals surface area contributed by atoms with Gasteiger partial charge in [0.25, 0.3) is 0 Å². The SMILES string of the molecule is O=C1CSc2ccc(-c3ccno3)cc2N1. The Balaban J connectivity index is 2.04. The lowest BCUT2D eigenvalue weighted by Crippen LogP contribution is -2.18. The summed E-state index contributed by atoms with van der Waals surface area (Å²) < 4.78 is 5.07. The number of nitrogens with one attached hydrogen (secondary N) is 1. The van der Waals surface area contributed by atoms with E-state index in [0.717, 1.165) is 16.1 Å². The molecule has 0 saturated heterocycles. The molecule has 16 heavy (non-hydrogen) atoms. The highest BCUT2D eigenvalue weighted by Gasteiger charge is 2.16. The summed E-state index contributed by atoms with van der Waals surface area (Å²) in [6.45, 7) is 0. The van der Waals surface area contributed by atoms with Crippen molar-refractivity contribution in [3.05, 3.63) is 30.5 Å². The first-order chi connectivity index (χ1) is 7.83. The highest BCUT2D eigenvalue weighted by atomic mass is 32.2. The van der Waals surface area contributed by atoms with Crippen molar-refractivity contribution >= 4 is 23.4 Å². The third kappa shape index (κ3) is 1.59. The van der Waals surface area contributed by atoms with Crippen molar-refractivity contribution in [3.63, 3.8) is 0 Å². The third-order valence-electron chi connectivity index (χ3n) is 2.33. The van der Waals surface area contributed by atoms with Crippen molar-refractivity contribution in [2.45, 2.75) is 4.90 Å². The Kier molecular flexibility index (Phi) is 2.18. The van der Waals surface area contributed by atoms with Crippen LogP contribution in [0.15, 0.2) is 39.9 Å². The van der Waals surface area contributed by atoms with Crippen molar-refractivity contribution in [1.29, 1.82) is 0 Å². The van der Waals surface area contributed by atoms with E-state index >= 15 is 0 Å². The monoisotopic (exact) mass is 232 g/mol. The zero-order chi connectivity index (χ0) is 11.0. The number of benzene rings is 1. The summed E-state index contributed by atoms with van der Waals surface area (Å²) in [4.78, 5) is 12.3. The van der Waals surface area contributed by atoms with Crippen LogP contribution in [0.25, 0.3) is 11.3 Å². The predicted octanol–water partition coefficient (Wildman–Crippen LogP) is 2.39. The van der Waals surface area contributed by atoms with E-state index in [-0.39, 0.29) is 5.91 Å². The molecule has 1 aliphatic heterocycles. The molecule has 2 aromatic rings. The van der Waals surface area contributed by atoms with Crippen LogP contribution >= 0.6 is 11.8 Å². The average Bonchev–Trinajstić information content (AvgIpc) is 2.81. The fourth-order valence-electron chi connectivity index (χ4n) is 1.60. The van der Waals surface area contributed by atoms with E-state index < -0.39 is 0 Å². The maximum absolute atomic E-state index is 11.3. The molecule has 1 amide bonds. The van der Waals surface area contributed by atoms with Gasteiger partial charge in [0.05, 0.1) is 17.6 Å². The molecule has 2 heterocycles. The standard InChI is InChI=1S/C11H8N2O2S/c14-11-6-16-10-2-1-7(5-8(10)13-11)9-3-4-12-15-9/h1-5H,6H2,(H,13,14). The van der Waals surface area contributed by atoms with Crippen LogP contribution in [-0.4, -0.2) is 16.8 Å². The van der Waals surface area contributed by atoms with E-state index in [4.69, 9.17) is 4.52 Å². The van der Waals surface area contributed by atoms with Crippen LogP contribution in [0, 0.1) is 0 Å². The second-order valence-corrected chi connectivity index (χ2v) is 4.44. The number of anilines is 1. The molecular weight excluding hydrogens is 224 g/mol. The number of amides is 1. The zero-order valence-corrected chi connectivity index (χ0v) is 9.08. The van der Waals surface area contributed by atoms with Gasteiger partial charge in [-0.1, -0.05) is 5.16 Å². The van der Waals surface area contributed by atoms with Crippen molar-refractivity contribution < 1.29 is 9.32 Å². The van der Waals surface area contributed by atoms with E-state index in [0.29, 0.717) is 11.5 Å². The molecule has 4 nitrogen and oxygen atoms in total. The molecule has 0 bridgehead atoms. The van der Waals surface area contributed by atoms with Gasteiger partial charge in [-0.2, -0.15) is 0 Å². The maximum Gasteiger partial charge on any atom is 0.234 e. The number of nitrogens with zero attached hydrogens (tertiary/aromatic N) is 1. The molecule has 0 saturated carbocycles. The molecule has 0 unspecified atom stereocenters. The number of hydrogen-bond acceptors (Lipinski definition) is 4. The molecule has 0 atom stereocenters. The molecule has 1 aromatic carbocycles. The Bertz CT molecular complexity index is 537. The Morgan fingerprint density at radius 1 is 1.38 bits per heavy atom. The van der Waals surface area contributed by atoms with Crippen LogP contribution in [0.3, 0.4) is 0 Å². The van der Waals surface area contributed by atoms with Crippen LogP contribution < -0.4 is 5.32 Å². The summed E-state index contributed by atoms with van der Waals surface area (Å²) >= 11 is 1.54. The van der Waals surface area contributed by atoms with Crippen LogP contribution in [0.2, 0.25) is 0 Å². The van der Waals surface area contributed by atoms with Crippen molar-refractivity contribution in [2.24, 2.45) is 0 Å². The predicted molar refractivity (Wildman–Crippen MR) is 61.3 cm³/mol. The maximum atomic E-state index is 11.3. The number of carbonyl (C=O) groups is 1. The minimum absolute atomic E-state index is 0.0345. The lowest BCUT2D eigenvalue weighted by molar-refractivity contribution is -0.113. The van der Waals surface area contributed by atoms with Crippen LogP contribution in [0.5, 0.6) is 0 Å². The number of thioether (sulfide) groups is 1. The Morgan fingerprint density at radius 2 is 2.31 bits per heavy atom. The quantitative estimate of drug-likeness (QED) is 0.820. The van der Waals surface area contributed by atoms with Gasteiger partial charge in [-0.3, -0.25) is 4.79 Å². The average molecular weight is 232 g/mol. The van der Waals surface area contributed by atoms with Gasteiger partial charge in [0, 0.05) is 16.5 Å². The largest absolute Gasteiger partial charge is 0.356 e. The summed E-state index contributed by atoms with van der Waals surface area (Å²) in [7, 11) is 0. The molecule has 0 spiro atoms. The second-order valence-electron chi connectivity index (χ2n) is 3.42. The minimum atomic E-state index is 0.0345. The summed E-state index contributed by atoms with van der Waals surface area (Å²) in [6, 6.07) is 7.64. The molecule has 1 aliphatic rings. The van der Waals surface area contributed by atoms with Crippen molar-refractivity contribution in [3.8, 4) is 11.3 Å². The van der Waals surface area contributed by atoms with Gasteiger partial charge in [-0.25, -0.2) is 0 Å². The van der Waals surface area contributed by atoms with Gasteiger partial charge < -0.3 is 9.84 Å². The van der Waals surface area contributed by atoms with E-state index in [2.05, 4.69) is 10.5 Å². The van der Waals surface area contributed by atoms with Gasteiger partial charge >= 0.3 is 0 Å². The molecule has 0 aliphatic carbocycles. The second kappa shape index (κ2) is 3.68. The van der Waals surface area contributed by atoms with Gasteiger partial charge in [-0.15, -0.1) is 11.8 Å². The Morgan fingerprint density at radius 3 is 3.12 bits per heavy atom. The fraction of sp³-hybridized carbons (Fsp3) is 0.0909. The number of hydrogen-bond donors (Lipinski definition) is 1. The van der Waals surface area contributed by atoms with Crippen LogP contribution in [-0.2, 0) is 4.79 Å². The fourth-order valence-corrected chi connectivity index (χ4v) is 2.39. The highest BCUT2D eigenvalue weighted by molar-refractivity contribution is 8.00. The first-order valence-corrected chi connectivity index (χ1v) is 5.79. The van der Waals surface area contributed by atoms with Gasteiger partial charge in [0.15, 0.2) is 5.76 Å². The highest BCUT2D eigenvalue weighted by Crippen LogP contribution is 2.34. The van der Waals surface area contributed by atoms with E-state index in [1.54, 1.807) is 24.0 Å². The van der Waals surface area contributed by atoms with Crippen molar-refractivity contribution in [2.75, 3.05) is 11.1 Å². The van der Waals surface area contributed by atoms with E-state index in [1.807, 2.05) is 18.2 Å². The van der Waals surface area contributed by atoms with Gasteiger partial charge in [-0.05, 0) is 18.2 Å². The minimum Gasteiger partial charge on any atom is -0.356 e. The molecule has 3 rings (SSSR count). The summed E-state index contributed by atoms with van der Waals surface area (Å²) in [5.74, 6) is 1.22. The molecule has 5 heteroatoms. The number of aromatic nitrogens is 1. The molecular formula is C11H8N2O2S. The smallest absolute Gasteiger partial charge is 0.234 e. The molecule has 80 valence electrons. The lowest BCUT2D eigenvalue weighted by Gasteiger charge is -2.16. The summed E-state index contributed by atoms with van der Waals surface area (Å²) in [5, 5.41) is 6.50. The first kappa shape index (κ1) is 9.47. The summed E-state index contributed by atoms with van der Waals surface area (Å²) in [5.41, 5.74) is 1.76.